The third kappa shape index (κ3) is 3.94. The van der Waals surface area contributed by atoms with Crippen molar-refractivity contribution in [3.8, 4) is 0 Å². The highest BCUT2D eigenvalue weighted by Gasteiger charge is 2.16. The number of hydrogen-bond donors (Lipinski definition) is 1. The first-order valence-electron chi connectivity index (χ1n) is 8.00. The molecule has 1 saturated heterocycles. The van der Waals surface area contributed by atoms with E-state index in [9.17, 15) is 4.79 Å². The van der Waals surface area contributed by atoms with E-state index < -0.39 is 0 Å². The summed E-state index contributed by atoms with van der Waals surface area (Å²) in [6.45, 7) is 5.88. The highest BCUT2D eigenvalue weighted by Crippen LogP contribution is 2.21. The van der Waals surface area contributed by atoms with Gasteiger partial charge in [-0.05, 0) is 49.9 Å². The lowest BCUT2D eigenvalue weighted by molar-refractivity contribution is 0.102. The van der Waals surface area contributed by atoms with Gasteiger partial charge in [-0.25, -0.2) is 4.98 Å². The first kappa shape index (κ1) is 16.9. The summed E-state index contributed by atoms with van der Waals surface area (Å²) in [4.78, 5) is 21.5. The van der Waals surface area contributed by atoms with Crippen LogP contribution in [0, 0.1) is 6.92 Å². The quantitative estimate of drug-likeness (QED) is 0.876. The number of aryl methyl sites for hydroxylation is 1. The second-order valence-electron chi connectivity index (χ2n) is 6.11. The van der Waals surface area contributed by atoms with Crippen molar-refractivity contribution in [2.45, 2.75) is 6.92 Å². The summed E-state index contributed by atoms with van der Waals surface area (Å²) in [5.74, 6) is 0.747. The van der Waals surface area contributed by atoms with Crippen LogP contribution in [-0.2, 0) is 0 Å². The number of amides is 1. The minimum absolute atomic E-state index is 0.116. The molecule has 126 valence electrons. The van der Waals surface area contributed by atoms with Gasteiger partial charge in [-0.15, -0.1) is 0 Å². The highest BCUT2D eigenvalue weighted by atomic mass is 79.9. The Morgan fingerprint density at radius 3 is 2.62 bits per heavy atom. The summed E-state index contributed by atoms with van der Waals surface area (Å²) in [5.41, 5.74) is 2.50. The average molecular weight is 389 g/mol. The Kier molecular flexibility index (Phi) is 5.16. The molecular formula is C18H21BrN4O. The van der Waals surface area contributed by atoms with Gasteiger partial charge in [0.15, 0.2) is 0 Å². The summed E-state index contributed by atoms with van der Waals surface area (Å²) in [6.07, 6.45) is 1.70. The fourth-order valence-electron chi connectivity index (χ4n) is 2.69. The summed E-state index contributed by atoms with van der Waals surface area (Å²) < 4.78 is 1.03. The molecule has 1 aliphatic heterocycles. The number of piperazine rings is 1. The molecule has 6 heteroatoms. The lowest BCUT2D eigenvalue weighted by Gasteiger charge is -2.33. The fourth-order valence-corrected chi connectivity index (χ4v) is 2.94. The predicted octanol–water partition coefficient (Wildman–Crippen LogP) is 3.16. The van der Waals surface area contributed by atoms with Gasteiger partial charge in [-0.3, -0.25) is 4.79 Å². The largest absolute Gasteiger partial charge is 0.354 e. The summed E-state index contributed by atoms with van der Waals surface area (Å²) in [5, 5.41) is 2.95. The Morgan fingerprint density at radius 2 is 1.92 bits per heavy atom. The van der Waals surface area contributed by atoms with Gasteiger partial charge in [0, 0.05) is 48.1 Å². The third-order valence-electron chi connectivity index (χ3n) is 4.25. The topological polar surface area (TPSA) is 48.5 Å². The standard InChI is InChI=1S/C18H21BrN4O/c1-13-11-15(3-4-16(13)19)21-18(24)14-5-6-20-17(12-14)23-9-7-22(2)8-10-23/h3-6,11-12H,7-10H2,1-2H3,(H,21,24). The minimum Gasteiger partial charge on any atom is -0.354 e. The molecule has 2 aromatic rings. The molecule has 5 nitrogen and oxygen atoms in total. The maximum Gasteiger partial charge on any atom is 0.255 e. The number of pyridine rings is 1. The summed E-state index contributed by atoms with van der Waals surface area (Å²) >= 11 is 3.47. The van der Waals surface area contributed by atoms with Gasteiger partial charge in [0.2, 0.25) is 0 Å². The molecule has 0 saturated carbocycles. The highest BCUT2D eigenvalue weighted by molar-refractivity contribution is 9.10. The van der Waals surface area contributed by atoms with Crippen molar-refractivity contribution < 1.29 is 4.79 Å². The number of aromatic nitrogens is 1. The fraction of sp³-hybridized carbons (Fsp3) is 0.333. The van der Waals surface area contributed by atoms with E-state index in [0.29, 0.717) is 5.56 Å². The first-order valence-corrected chi connectivity index (χ1v) is 8.79. The lowest BCUT2D eigenvalue weighted by Crippen LogP contribution is -2.44. The van der Waals surface area contributed by atoms with Gasteiger partial charge >= 0.3 is 0 Å². The molecule has 0 bridgehead atoms. The number of nitrogens with one attached hydrogen (secondary N) is 1. The molecule has 24 heavy (non-hydrogen) atoms. The van der Waals surface area contributed by atoms with Gasteiger partial charge in [-0.2, -0.15) is 0 Å². The van der Waals surface area contributed by atoms with Gasteiger partial charge in [0.25, 0.3) is 5.91 Å². The third-order valence-corrected chi connectivity index (χ3v) is 5.14. The molecular weight excluding hydrogens is 368 g/mol. The molecule has 1 N–H and O–H groups in total. The second-order valence-corrected chi connectivity index (χ2v) is 6.97. The normalized spacial score (nSPS) is 15.4. The van der Waals surface area contributed by atoms with Gasteiger partial charge < -0.3 is 15.1 Å². The SMILES string of the molecule is Cc1cc(NC(=O)c2ccnc(N3CCN(C)CC3)c2)ccc1Br. The van der Waals surface area contributed by atoms with Crippen LogP contribution < -0.4 is 10.2 Å². The van der Waals surface area contributed by atoms with E-state index >= 15 is 0 Å². The number of carbonyl (C=O) groups is 1. The van der Waals surface area contributed by atoms with Crippen LogP contribution in [0.4, 0.5) is 11.5 Å². The molecule has 3 rings (SSSR count). The molecule has 1 amide bonds. The number of hydrogen-bond acceptors (Lipinski definition) is 4. The summed E-state index contributed by atoms with van der Waals surface area (Å²) in [7, 11) is 2.12. The molecule has 1 fully saturated rings. The number of benzene rings is 1. The second kappa shape index (κ2) is 7.32. The number of rotatable bonds is 3. The van der Waals surface area contributed by atoms with E-state index in [1.54, 1.807) is 12.3 Å². The van der Waals surface area contributed by atoms with Crippen LogP contribution in [0.2, 0.25) is 0 Å². The van der Waals surface area contributed by atoms with Gasteiger partial charge in [-0.1, -0.05) is 15.9 Å². The number of likely N-dealkylation sites (N-methyl/N-ethyl adjacent to an activating group) is 1. The molecule has 0 atom stereocenters. The maximum atomic E-state index is 12.5. The van der Waals surface area contributed by atoms with Crippen molar-refractivity contribution in [2.75, 3.05) is 43.4 Å². The Hall–Kier alpha value is -1.92. The molecule has 1 aromatic heterocycles. The summed E-state index contributed by atoms with van der Waals surface area (Å²) in [6, 6.07) is 9.39. The smallest absolute Gasteiger partial charge is 0.255 e. The molecule has 0 spiro atoms. The van der Waals surface area contributed by atoms with Crippen molar-refractivity contribution in [3.63, 3.8) is 0 Å². The zero-order valence-electron chi connectivity index (χ0n) is 13.9. The van der Waals surface area contributed by atoms with Crippen molar-refractivity contribution in [2.24, 2.45) is 0 Å². The number of nitrogens with zero attached hydrogens (tertiary/aromatic N) is 3. The van der Waals surface area contributed by atoms with Crippen molar-refractivity contribution in [1.82, 2.24) is 9.88 Å². The molecule has 2 heterocycles. The number of anilines is 2. The Morgan fingerprint density at radius 1 is 1.17 bits per heavy atom. The first-order chi connectivity index (χ1) is 11.5. The van der Waals surface area contributed by atoms with Crippen LogP contribution >= 0.6 is 15.9 Å². The van der Waals surface area contributed by atoms with Crippen molar-refractivity contribution in [3.05, 3.63) is 52.1 Å². The molecule has 0 unspecified atom stereocenters. The van der Waals surface area contributed by atoms with Crippen LogP contribution in [0.5, 0.6) is 0 Å². The van der Waals surface area contributed by atoms with E-state index in [2.05, 4.69) is 43.1 Å². The van der Waals surface area contributed by atoms with E-state index in [0.717, 1.165) is 47.7 Å². The predicted molar refractivity (Wildman–Crippen MR) is 101 cm³/mol. The van der Waals surface area contributed by atoms with Crippen LogP contribution in [-0.4, -0.2) is 49.0 Å². The molecule has 0 aliphatic carbocycles. The van der Waals surface area contributed by atoms with E-state index in [-0.39, 0.29) is 5.91 Å². The van der Waals surface area contributed by atoms with Crippen molar-refractivity contribution >= 4 is 33.3 Å². The molecule has 0 radical (unpaired) electrons. The Bertz CT molecular complexity index is 742. The minimum atomic E-state index is -0.116. The lowest BCUT2D eigenvalue weighted by atomic mass is 10.2. The van der Waals surface area contributed by atoms with E-state index in [1.165, 1.54) is 0 Å². The maximum absolute atomic E-state index is 12.5. The van der Waals surface area contributed by atoms with E-state index in [4.69, 9.17) is 0 Å². The van der Waals surface area contributed by atoms with Crippen molar-refractivity contribution in [1.29, 1.82) is 0 Å². The average Bonchev–Trinajstić information content (AvgIpc) is 2.59. The van der Waals surface area contributed by atoms with Gasteiger partial charge in [0.1, 0.15) is 5.82 Å². The van der Waals surface area contributed by atoms with Crippen LogP contribution in [0.3, 0.4) is 0 Å². The van der Waals surface area contributed by atoms with E-state index in [1.807, 2.05) is 31.2 Å². The van der Waals surface area contributed by atoms with Gasteiger partial charge in [0.05, 0.1) is 0 Å². The van der Waals surface area contributed by atoms with Crippen LogP contribution in [0.1, 0.15) is 15.9 Å². The number of carbonyl (C=O) groups excluding carboxylic acids is 1. The number of halogens is 1. The molecule has 1 aromatic carbocycles. The Balaban J connectivity index is 1.73. The molecule has 1 aliphatic rings. The van der Waals surface area contributed by atoms with Crippen LogP contribution in [0.15, 0.2) is 41.0 Å². The Labute approximate surface area is 150 Å². The zero-order chi connectivity index (χ0) is 17.1. The monoisotopic (exact) mass is 388 g/mol. The van der Waals surface area contributed by atoms with Crippen LogP contribution in [0.25, 0.3) is 0 Å². The zero-order valence-corrected chi connectivity index (χ0v) is 15.5.